The Morgan fingerprint density at radius 2 is 1.92 bits per heavy atom. The Balaban J connectivity index is 1.88. The van der Waals surface area contributed by atoms with Crippen LogP contribution in [0.15, 0.2) is 41.1 Å². The first-order valence-corrected chi connectivity index (χ1v) is 9.06. The maximum absolute atomic E-state index is 12.0. The van der Waals surface area contributed by atoms with E-state index in [1.165, 1.54) is 11.3 Å². The summed E-state index contributed by atoms with van der Waals surface area (Å²) in [4.78, 5) is 26.0. The highest BCUT2D eigenvalue weighted by atomic mass is 32.1. The van der Waals surface area contributed by atoms with E-state index in [4.69, 9.17) is 9.84 Å². The molecule has 1 heterocycles. The minimum atomic E-state index is -0.742. The molecule has 3 N–H and O–H groups in total. The van der Waals surface area contributed by atoms with E-state index in [9.17, 15) is 9.59 Å². The van der Waals surface area contributed by atoms with E-state index in [1.807, 2.05) is 48.0 Å². The van der Waals surface area contributed by atoms with Crippen LogP contribution >= 0.6 is 11.3 Å². The van der Waals surface area contributed by atoms with E-state index in [2.05, 4.69) is 10.6 Å². The number of nitrogens with one attached hydrogen (secondary N) is 2. The van der Waals surface area contributed by atoms with Crippen LogP contribution in [0.5, 0.6) is 0 Å². The van der Waals surface area contributed by atoms with Gasteiger partial charge < -0.3 is 25.4 Å². The maximum atomic E-state index is 12.0. The van der Waals surface area contributed by atoms with Crippen molar-refractivity contribution < 1.29 is 19.4 Å². The largest absolute Gasteiger partial charge is 0.394 e. The molecule has 7 nitrogen and oxygen atoms in total. The number of aliphatic hydroxyl groups excluding tert-OH is 1. The first-order chi connectivity index (χ1) is 12.5. The number of hydrogen-bond donors (Lipinski definition) is 3. The van der Waals surface area contributed by atoms with Crippen LogP contribution in [-0.2, 0) is 14.3 Å². The van der Waals surface area contributed by atoms with Crippen molar-refractivity contribution >= 4 is 34.5 Å². The Bertz CT molecular complexity index is 702. The number of carbonyl (C=O) groups is 2. The average molecular weight is 377 g/mol. The van der Waals surface area contributed by atoms with Crippen LogP contribution in [0.1, 0.15) is 11.7 Å². The average Bonchev–Trinajstić information content (AvgIpc) is 3.16. The molecule has 0 aliphatic rings. The fourth-order valence-corrected chi connectivity index (χ4v) is 2.92. The van der Waals surface area contributed by atoms with Crippen molar-refractivity contribution in [3.05, 3.63) is 46.7 Å². The lowest BCUT2D eigenvalue weighted by molar-refractivity contribution is -0.136. The molecule has 0 radical (unpaired) electrons. The van der Waals surface area contributed by atoms with E-state index in [1.54, 1.807) is 12.1 Å². The minimum absolute atomic E-state index is 0.113. The Morgan fingerprint density at radius 3 is 2.50 bits per heavy atom. The van der Waals surface area contributed by atoms with E-state index < -0.39 is 17.9 Å². The number of thiophene rings is 1. The molecule has 0 bridgehead atoms. The zero-order chi connectivity index (χ0) is 18.9. The summed E-state index contributed by atoms with van der Waals surface area (Å²) in [6.45, 7) is 0.182. The second-order valence-electron chi connectivity index (χ2n) is 5.75. The molecule has 8 heteroatoms. The molecule has 1 aromatic heterocycles. The first-order valence-electron chi connectivity index (χ1n) is 8.12. The van der Waals surface area contributed by atoms with E-state index >= 15 is 0 Å². The monoisotopic (exact) mass is 377 g/mol. The van der Waals surface area contributed by atoms with Crippen molar-refractivity contribution in [3.8, 4) is 0 Å². The third kappa shape index (κ3) is 5.83. The maximum Gasteiger partial charge on any atom is 0.313 e. The lowest BCUT2D eigenvalue weighted by Gasteiger charge is -2.17. The highest BCUT2D eigenvalue weighted by molar-refractivity contribution is 7.07. The quantitative estimate of drug-likeness (QED) is 0.608. The summed E-state index contributed by atoms with van der Waals surface area (Å²) in [6.07, 6.45) is -0.412. The fraction of sp³-hybridized carbons (Fsp3) is 0.333. The van der Waals surface area contributed by atoms with Crippen LogP contribution in [0.4, 0.5) is 11.4 Å². The molecule has 0 unspecified atom stereocenters. The summed E-state index contributed by atoms with van der Waals surface area (Å²) in [5.74, 6) is -1.48. The summed E-state index contributed by atoms with van der Waals surface area (Å²) in [6, 6.07) is 9.05. The molecule has 2 aromatic rings. The molecule has 0 fully saturated rings. The van der Waals surface area contributed by atoms with Gasteiger partial charge in [0.05, 0.1) is 13.2 Å². The number of ether oxygens (including phenoxy) is 1. The molecule has 1 atom stereocenters. The lowest BCUT2D eigenvalue weighted by atomic mass is 10.2. The Kier molecular flexibility index (Phi) is 7.58. The van der Waals surface area contributed by atoms with Crippen LogP contribution in [-0.4, -0.2) is 50.8 Å². The second-order valence-corrected chi connectivity index (χ2v) is 6.53. The molecule has 0 saturated carbocycles. The van der Waals surface area contributed by atoms with Gasteiger partial charge in [-0.15, -0.1) is 0 Å². The van der Waals surface area contributed by atoms with Crippen molar-refractivity contribution in [2.75, 3.05) is 44.1 Å². The van der Waals surface area contributed by atoms with E-state index in [0.29, 0.717) is 5.69 Å². The van der Waals surface area contributed by atoms with Gasteiger partial charge in [0.1, 0.15) is 6.10 Å². The molecule has 0 saturated heterocycles. The summed E-state index contributed by atoms with van der Waals surface area (Å²) >= 11 is 1.51. The van der Waals surface area contributed by atoms with Gasteiger partial charge in [0.25, 0.3) is 0 Å². The molecule has 0 aliphatic carbocycles. The standard InChI is InChI=1S/C18H23N3O4S/c1-21(2)15-5-3-14(4-6-15)20-18(24)17(23)19-11-16(25-9-8-22)13-7-10-26-12-13/h3-7,10,12,16,22H,8-9,11H2,1-2H3,(H,19,23)(H,20,24)/t16-/m0/s1. The first kappa shape index (κ1) is 19.9. The molecule has 0 spiro atoms. The molecule has 2 amide bonds. The predicted molar refractivity (Wildman–Crippen MR) is 103 cm³/mol. The van der Waals surface area contributed by atoms with Crippen molar-refractivity contribution in [2.24, 2.45) is 0 Å². The number of rotatable bonds is 8. The van der Waals surface area contributed by atoms with E-state index in [0.717, 1.165) is 11.3 Å². The predicted octanol–water partition coefficient (Wildman–Crippen LogP) is 1.62. The van der Waals surface area contributed by atoms with Gasteiger partial charge in [-0.2, -0.15) is 11.3 Å². The second kappa shape index (κ2) is 9.91. The van der Waals surface area contributed by atoms with Gasteiger partial charge in [0, 0.05) is 32.0 Å². The SMILES string of the molecule is CN(C)c1ccc(NC(=O)C(=O)NC[C@H](OCCO)c2ccsc2)cc1. The highest BCUT2D eigenvalue weighted by Crippen LogP contribution is 2.19. The number of anilines is 2. The molecule has 26 heavy (non-hydrogen) atoms. The van der Waals surface area contributed by atoms with Crippen LogP contribution in [0.25, 0.3) is 0 Å². The summed E-state index contributed by atoms with van der Waals surface area (Å²) in [7, 11) is 3.84. The minimum Gasteiger partial charge on any atom is -0.394 e. The molecular formula is C18H23N3O4S. The number of amides is 2. The van der Waals surface area contributed by atoms with Crippen LogP contribution < -0.4 is 15.5 Å². The van der Waals surface area contributed by atoms with Crippen molar-refractivity contribution in [1.29, 1.82) is 0 Å². The molecular weight excluding hydrogens is 354 g/mol. The Labute approximate surface area is 156 Å². The summed E-state index contributed by atoms with van der Waals surface area (Å²) in [5, 5.41) is 17.9. The molecule has 2 rings (SSSR count). The number of carbonyl (C=O) groups excluding carboxylic acids is 2. The van der Waals surface area contributed by atoms with Crippen molar-refractivity contribution in [1.82, 2.24) is 5.32 Å². The van der Waals surface area contributed by atoms with Crippen LogP contribution in [0.3, 0.4) is 0 Å². The third-order valence-corrected chi connectivity index (χ3v) is 4.32. The van der Waals surface area contributed by atoms with Gasteiger partial charge in [-0.25, -0.2) is 0 Å². The number of aliphatic hydroxyl groups is 1. The normalized spacial score (nSPS) is 11.7. The van der Waals surface area contributed by atoms with Gasteiger partial charge >= 0.3 is 11.8 Å². The molecule has 0 aliphatic heterocycles. The highest BCUT2D eigenvalue weighted by Gasteiger charge is 2.18. The van der Waals surface area contributed by atoms with Gasteiger partial charge in [-0.05, 0) is 46.7 Å². The van der Waals surface area contributed by atoms with Gasteiger partial charge in [0.2, 0.25) is 0 Å². The molecule has 140 valence electrons. The summed E-state index contributed by atoms with van der Waals surface area (Å²) in [5.41, 5.74) is 2.43. The van der Waals surface area contributed by atoms with E-state index in [-0.39, 0.29) is 19.8 Å². The Morgan fingerprint density at radius 1 is 1.19 bits per heavy atom. The van der Waals surface area contributed by atoms with Gasteiger partial charge in [0.15, 0.2) is 0 Å². The van der Waals surface area contributed by atoms with Crippen LogP contribution in [0.2, 0.25) is 0 Å². The summed E-state index contributed by atoms with van der Waals surface area (Å²) < 4.78 is 5.53. The lowest BCUT2D eigenvalue weighted by Crippen LogP contribution is -2.38. The van der Waals surface area contributed by atoms with Gasteiger partial charge in [-0.1, -0.05) is 0 Å². The fourth-order valence-electron chi connectivity index (χ4n) is 2.22. The number of hydrogen-bond acceptors (Lipinski definition) is 6. The number of nitrogens with zero attached hydrogens (tertiary/aromatic N) is 1. The van der Waals surface area contributed by atoms with Crippen molar-refractivity contribution in [3.63, 3.8) is 0 Å². The zero-order valence-electron chi connectivity index (χ0n) is 14.8. The van der Waals surface area contributed by atoms with Crippen LogP contribution in [0, 0.1) is 0 Å². The topological polar surface area (TPSA) is 90.9 Å². The van der Waals surface area contributed by atoms with Gasteiger partial charge in [-0.3, -0.25) is 9.59 Å². The molecule has 1 aromatic carbocycles. The third-order valence-electron chi connectivity index (χ3n) is 3.62. The smallest absolute Gasteiger partial charge is 0.313 e. The zero-order valence-corrected chi connectivity index (χ0v) is 15.6. The number of benzene rings is 1. The Hall–Kier alpha value is -2.42. The van der Waals surface area contributed by atoms with Crippen molar-refractivity contribution in [2.45, 2.75) is 6.10 Å².